The van der Waals surface area contributed by atoms with E-state index in [0.717, 1.165) is 11.1 Å². The first-order chi connectivity index (χ1) is 13.2. The molecule has 0 saturated heterocycles. The fourth-order valence-corrected chi connectivity index (χ4v) is 3.80. The fourth-order valence-electron chi connectivity index (χ4n) is 2.58. The van der Waals surface area contributed by atoms with Gasteiger partial charge in [-0.05, 0) is 61.9 Å². The summed E-state index contributed by atoms with van der Waals surface area (Å²) < 4.78 is 27.6. The Morgan fingerprint density at radius 3 is 2.36 bits per heavy atom. The largest absolute Gasteiger partial charge is 0.322 e. The third-order valence-electron chi connectivity index (χ3n) is 4.16. The molecular weight excluding hydrogens is 396 g/mol. The van der Waals surface area contributed by atoms with Crippen molar-refractivity contribution >= 4 is 38.9 Å². The van der Waals surface area contributed by atoms with E-state index in [0.29, 0.717) is 22.0 Å². The fraction of sp³-hybridized carbons (Fsp3) is 0.0952. The van der Waals surface area contributed by atoms with E-state index in [-0.39, 0.29) is 10.8 Å². The van der Waals surface area contributed by atoms with Crippen LogP contribution in [0.4, 0.5) is 11.4 Å². The van der Waals surface area contributed by atoms with Gasteiger partial charge in [0.15, 0.2) is 0 Å². The summed E-state index contributed by atoms with van der Waals surface area (Å²) in [5.74, 6) is -0.359. The molecule has 0 saturated carbocycles. The number of hydrogen-bond acceptors (Lipinski definition) is 3. The van der Waals surface area contributed by atoms with E-state index in [1.165, 1.54) is 18.2 Å². The van der Waals surface area contributed by atoms with Crippen molar-refractivity contribution in [2.24, 2.45) is 0 Å². The van der Waals surface area contributed by atoms with Gasteiger partial charge in [0.25, 0.3) is 15.9 Å². The molecule has 28 heavy (non-hydrogen) atoms. The summed E-state index contributed by atoms with van der Waals surface area (Å²) in [5, 5.41) is 3.31. The lowest BCUT2D eigenvalue weighted by Gasteiger charge is -2.11. The smallest absolute Gasteiger partial charge is 0.261 e. The molecular formula is C21H19ClN2O3S. The molecule has 0 aliphatic carbocycles. The molecule has 0 bridgehead atoms. The monoisotopic (exact) mass is 414 g/mol. The predicted octanol–water partition coefficient (Wildman–Crippen LogP) is 5.01. The van der Waals surface area contributed by atoms with Crippen LogP contribution in [0.1, 0.15) is 21.5 Å². The molecule has 0 heterocycles. The van der Waals surface area contributed by atoms with Crippen LogP contribution >= 0.6 is 11.6 Å². The number of carbonyl (C=O) groups excluding carboxylic acids is 1. The lowest BCUT2D eigenvalue weighted by molar-refractivity contribution is 0.102. The van der Waals surface area contributed by atoms with E-state index in [2.05, 4.69) is 10.0 Å². The number of benzene rings is 3. The van der Waals surface area contributed by atoms with Crippen molar-refractivity contribution in [2.45, 2.75) is 18.7 Å². The molecule has 1 amide bonds. The van der Waals surface area contributed by atoms with E-state index in [1.807, 2.05) is 19.9 Å². The third-order valence-corrected chi connectivity index (χ3v) is 5.79. The number of nitrogens with one attached hydrogen (secondary N) is 2. The van der Waals surface area contributed by atoms with Crippen LogP contribution in [-0.2, 0) is 10.0 Å². The van der Waals surface area contributed by atoms with Crippen LogP contribution in [0.25, 0.3) is 0 Å². The van der Waals surface area contributed by atoms with Crippen molar-refractivity contribution in [3.8, 4) is 0 Å². The number of aryl methyl sites for hydroxylation is 2. The highest BCUT2D eigenvalue weighted by Crippen LogP contribution is 2.22. The van der Waals surface area contributed by atoms with Crippen molar-refractivity contribution in [3.63, 3.8) is 0 Å². The highest BCUT2D eigenvalue weighted by atomic mass is 35.5. The molecule has 0 fully saturated rings. The minimum atomic E-state index is -3.74. The van der Waals surface area contributed by atoms with Crippen LogP contribution in [0.2, 0.25) is 5.02 Å². The number of anilines is 2. The minimum Gasteiger partial charge on any atom is -0.322 e. The Hall–Kier alpha value is -2.83. The second kappa shape index (κ2) is 8.04. The molecule has 0 atom stereocenters. The maximum Gasteiger partial charge on any atom is 0.261 e. The highest BCUT2D eigenvalue weighted by Gasteiger charge is 2.15. The average molecular weight is 415 g/mol. The quantitative estimate of drug-likeness (QED) is 0.616. The Morgan fingerprint density at radius 2 is 1.64 bits per heavy atom. The standard InChI is InChI=1S/C21H19ClN2O3S/c1-14-6-10-19(11-7-14)28(26,27)24-18-5-3-4-16(12-18)21(25)23-20-13-17(22)9-8-15(20)2/h3-13,24H,1-2H3,(H,23,25). The number of rotatable bonds is 5. The van der Waals surface area contributed by atoms with Crippen molar-refractivity contribution in [3.05, 3.63) is 88.4 Å². The highest BCUT2D eigenvalue weighted by molar-refractivity contribution is 7.92. The molecule has 0 aromatic heterocycles. The van der Waals surface area contributed by atoms with Crippen LogP contribution in [0.5, 0.6) is 0 Å². The minimum absolute atomic E-state index is 0.155. The summed E-state index contributed by atoms with van der Waals surface area (Å²) in [6.45, 7) is 3.74. The first kappa shape index (κ1) is 19.9. The Bertz CT molecular complexity index is 1130. The van der Waals surface area contributed by atoms with E-state index >= 15 is 0 Å². The summed E-state index contributed by atoms with van der Waals surface area (Å²) in [4.78, 5) is 12.7. The molecule has 2 N–H and O–H groups in total. The second-order valence-electron chi connectivity index (χ2n) is 6.41. The molecule has 7 heteroatoms. The molecule has 144 valence electrons. The molecule has 3 aromatic carbocycles. The van der Waals surface area contributed by atoms with Crippen LogP contribution < -0.4 is 10.0 Å². The molecule has 0 aliphatic rings. The van der Waals surface area contributed by atoms with Gasteiger partial charge in [0.05, 0.1) is 4.90 Å². The van der Waals surface area contributed by atoms with Gasteiger partial charge in [-0.25, -0.2) is 8.42 Å². The SMILES string of the molecule is Cc1ccc(S(=O)(=O)Nc2cccc(C(=O)Nc3cc(Cl)ccc3C)c2)cc1. The molecule has 0 unspecified atom stereocenters. The van der Waals surface area contributed by atoms with Crippen LogP contribution in [0, 0.1) is 13.8 Å². The van der Waals surface area contributed by atoms with Gasteiger partial charge in [-0.1, -0.05) is 41.4 Å². The van der Waals surface area contributed by atoms with Gasteiger partial charge in [-0.2, -0.15) is 0 Å². The summed E-state index contributed by atoms with van der Waals surface area (Å²) >= 11 is 5.98. The van der Waals surface area contributed by atoms with E-state index in [4.69, 9.17) is 11.6 Å². The van der Waals surface area contributed by atoms with Gasteiger partial charge >= 0.3 is 0 Å². The first-order valence-corrected chi connectivity index (χ1v) is 10.4. The topological polar surface area (TPSA) is 75.3 Å². The van der Waals surface area contributed by atoms with E-state index in [9.17, 15) is 13.2 Å². The van der Waals surface area contributed by atoms with Crippen molar-refractivity contribution < 1.29 is 13.2 Å². The van der Waals surface area contributed by atoms with Gasteiger partial charge in [-0.15, -0.1) is 0 Å². The maximum absolute atomic E-state index is 12.6. The van der Waals surface area contributed by atoms with Crippen molar-refractivity contribution in [2.75, 3.05) is 10.0 Å². The van der Waals surface area contributed by atoms with Crippen molar-refractivity contribution in [1.82, 2.24) is 0 Å². The molecule has 3 aromatic rings. The van der Waals surface area contributed by atoms with E-state index in [1.54, 1.807) is 42.5 Å². The Kier molecular flexibility index (Phi) is 5.72. The van der Waals surface area contributed by atoms with Crippen LogP contribution in [0.15, 0.2) is 71.6 Å². The molecule has 5 nitrogen and oxygen atoms in total. The lowest BCUT2D eigenvalue weighted by Crippen LogP contribution is -2.15. The van der Waals surface area contributed by atoms with Gasteiger partial charge in [0.1, 0.15) is 0 Å². The number of amides is 1. The zero-order valence-electron chi connectivity index (χ0n) is 15.4. The Labute approximate surface area is 169 Å². The van der Waals surface area contributed by atoms with E-state index < -0.39 is 10.0 Å². The lowest BCUT2D eigenvalue weighted by atomic mass is 10.1. The average Bonchev–Trinajstić information content (AvgIpc) is 2.65. The number of halogens is 1. The molecule has 0 radical (unpaired) electrons. The normalized spacial score (nSPS) is 11.1. The second-order valence-corrected chi connectivity index (χ2v) is 8.53. The summed E-state index contributed by atoms with van der Waals surface area (Å²) in [7, 11) is -3.74. The first-order valence-electron chi connectivity index (χ1n) is 8.52. The van der Waals surface area contributed by atoms with Crippen LogP contribution in [-0.4, -0.2) is 14.3 Å². The predicted molar refractivity (Wildman–Crippen MR) is 113 cm³/mol. The summed E-state index contributed by atoms with van der Waals surface area (Å²) in [6, 6.07) is 18.1. The molecule has 0 spiro atoms. The summed E-state index contributed by atoms with van der Waals surface area (Å²) in [6.07, 6.45) is 0. The maximum atomic E-state index is 12.6. The van der Waals surface area contributed by atoms with Crippen LogP contribution in [0.3, 0.4) is 0 Å². The van der Waals surface area contributed by atoms with Gasteiger partial charge < -0.3 is 5.32 Å². The van der Waals surface area contributed by atoms with Gasteiger partial charge in [0.2, 0.25) is 0 Å². The Balaban J connectivity index is 1.81. The number of hydrogen-bond donors (Lipinski definition) is 2. The van der Waals surface area contributed by atoms with Gasteiger partial charge in [-0.3, -0.25) is 9.52 Å². The number of sulfonamides is 1. The zero-order chi connectivity index (χ0) is 20.3. The molecule has 3 rings (SSSR count). The molecule has 0 aliphatic heterocycles. The van der Waals surface area contributed by atoms with Crippen molar-refractivity contribution in [1.29, 1.82) is 0 Å². The third kappa shape index (κ3) is 4.71. The number of carbonyl (C=O) groups is 1. The Morgan fingerprint density at radius 1 is 0.929 bits per heavy atom. The van der Waals surface area contributed by atoms with Gasteiger partial charge in [0, 0.05) is 22.0 Å². The summed E-state index contributed by atoms with van der Waals surface area (Å²) in [5.41, 5.74) is 3.06. The zero-order valence-corrected chi connectivity index (χ0v) is 16.9.